The summed E-state index contributed by atoms with van der Waals surface area (Å²) in [6, 6.07) is 12.0. The maximum Gasteiger partial charge on any atom is 0.264 e. The van der Waals surface area contributed by atoms with Crippen LogP contribution in [0.3, 0.4) is 0 Å². The van der Waals surface area contributed by atoms with Crippen LogP contribution in [-0.4, -0.2) is 14.2 Å². The summed E-state index contributed by atoms with van der Waals surface area (Å²) in [6.45, 7) is 0.293. The van der Waals surface area contributed by atoms with Crippen LogP contribution < -0.4 is 14.2 Å². The van der Waals surface area contributed by atoms with Crippen LogP contribution in [0.5, 0.6) is 17.2 Å². The molecule has 2 rings (SSSR count). The first-order valence-electron chi connectivity index (χ1n) is 6.36. The van der Waals surface area contributed by atoms with Gasteiger partial charge in [0.1, 0.15) is 6.61 Å². The average molecular weight is 294 g/mol. The quantitative estimate of drug-likeness (QED) is 0.798. The highest BCUT2D eigenvalue weighted by atomic mass is 19.3. The van der Waals surface area contributed by atoms with Crippen molar-refractivity contribution in [2.24, 2.45) is 0 Å². The minimum atomic E-state index is -2.60. The molecule has 0 fully saturated rings. The van der Waals surface area contributed by atoms with Crippen molar-refractivity contribution in [1.29, 1.82) is 0 Å². The first-order valence-corrected chi connectivity index (χ1v) is 6.36. The van der Waals surface area contributed by atoms with E-state index in [0.29, 0.717) is 12.4 Å². The Morgan fingerprint density at radius 2 is 1.52 bits per heavy atom. The molecule has 0 unspecified atom stereocenters. The molecule has 0 radical (unpaired) electrons. The largest absolute Gasteiger partial charge is 0.493 e. The Bertz CT molecular complexity index is 560. The van der Waals surface area contributed by atoms with Crippen molar-refractivity contribution in [3.05, 3.63) is 53.6 Å². The van der Waals surface area contributed by atoms with Gasteiger partial charge >= 0.3 is 0 Å². The molecule has 0 spiro atoms. The smallest absolute Gasteiger partial charge is 0.264 e. The predicted octanol–water partition coefficient (Wildman–Crippen LogP) is 4.22. The number of halogens is 2. The van der Waals surface area contributed by atoms with Gasteiger partial charge in [-0.05, 0) is 17.7 Å². The molecule has 2 aromatic carbocycles. The number of ether oxygens (including phenoxy) is 3. The first kappa shape index (κ1) is 15.1. The molecule has 0 aliphatic rings. The molecule has 0 saturated heterocycles. The zero-order valence-electron chi connectivity index (χ0n) is 11.8. The van der Waals surface area contributed by atoms with Gasteiger partial charge in [-0.3, -0.25) is 0 Å². The number of methoxy groups -OCH3 is 2. The summed E-state index contributed by atoms with van der Waals surface area (Å²) < 4.78 is 41.6. The summed E-state index contributed by atoms with van der Waals surface area (Å²) in [7, 11) is 2.80. The first-order chi connectivity index (χ1) is 10.2. The van der Waals surface area contributed by atoms with E-state index in [1.165, 1.54) is 26.4 Å². The Balaban J connectivity index is 2.28. The predicted molar refractivity (Wildman–Crippen MR) is 75.3 cm³/mol. The number of benzene rings is 2. The topological polar surface area (TPSA) is 27.7 Å². The Kier molecular flexibility index (Phi) is 4.98. The van der Waals surface area contributed by atoms with Crippen molar-refractivity contribution < 1.29 is 23.0 Å². The van der Waals surface area contributed by atoms with Gasteiger partial charge in [-0.1, -0.05) is 30.3 Å². The van der Waals surface area contributed by atoms with E-state index in [-0.39, 0.29) is 17.1 Å². The second kappa shape index (κ2) is 6.92. The van der Waals surface area contributed by atoms with Gasteiger partial charge in [0.05, 0.1) is 14.2 Å². The molecular formula is C16H16F2O3. The fourth-order valence-corrected chi connectivity index (χ4v) is 1.90. The second-order valence-electron chi connectivity index (χ2n) is 4.33. The third kappa shape index (κ3) is 3.62. The third-order valence-corrected chi connectivity index (χ3v) is 2.96. The van der Waals surface area contributed by atoms with Crippen LogP contribution in [0, 0.1) is 0 Å². The summed E-state index contributed by atoms with van der Waals surface area (Å²) in [5.74, 6) is 0.759. The molecule has 2 aromatic rings. The summed E-state index contributed by atoms with van der Waals surface area (Å²) in [4.78, 5) is 0. The maximum absolute atomic E-state index is 12.8. The van der Waals surface area contributed by atoms with Crippen molar-refractivity contribution in [2.75, 3.05) is 14.2 Å². The van der Waals surface area contributed by atoms with Crippen molar-refractivity contribution >= 4 is 0 Å². The van der Waals surface area contributed by atoms with E-state index in [1.54, 1.807) is 0 Å². The lowest BCUT2D eigenvalue weighted by Crippen LogP contribution is -2.01. The van der Waals surface area contributed by atoms with Gasteiger partial charge in [0, 0.05) is 5.56 Å². The lowest BCUT2D eigenvalue weighted by atomic mass is 10.2. The minimum absolute atomic E-state index is 0.171. The van der Waals surface area contributed by atoms with E-state index in [2.05, 4.69) is 0 Å². The lowest BCUT2D eigenvalue weighted by molar-refractivity contribution is 0.150. The highest BCUT2D eigenvalue weighted by Crippen LogP contribution is 2.41. The molecule has 0 saturated carbocycles. The summed E-state index contributed by atoms with van der Waals surface area (Å²) >= 11 is 0. The molecule has 0 atom stereocenters. The van der Waals surface area contributed by atoms with E-state index in [4.69, 9.17) is 14.2 Å². The SMILES string of the molecule is COc1cc(C(F)F)cc(OC)c1OCc1ccccc1. The van der Waals surface area contributed by atoms with E-state index in [1.807, 2.05) is 30.3 Å². The molecule has 21 heavy (non-hydrogen) atoms. The van der Waals surface area contributed by atoms with Crippen LogP contribution in [0.2, 0.25) is 0 Å². The van der Waals surface area contributed by atoms with Gasteiger partial charge in [-0.2, -0.15) is 0 Å². The molecule has 0 heterocycles. The van der Waals surface area contributed by atoms with Crippen LogP contribution in [0.15, 0.2) is 42.5 Å². The Morgan fingerprint density at radius 3 is 2.00 bits per heavy atom. The highest BCUT2D eigenvalue weighted by molar-refractivity contribution is 5.54. The summed E-state index contributed by atoms with van der Waals surface area (Å²) in [5.41, 5.74) is 0.787. The monoisotopic (exact) mass is 294 g/mol. The van der Waals surface area contributed by atoms with Gasteiger partial charge in [-0.15, -0.1) is 0 Å². The number of alkyl halides is 2. The number of hydrogen-bond acceptors (Lipinski definition) is 3. The summed E-state index contributed by atoms with van der Waals surface area (Å²) in [5, 5.41) is 0. The Morgan fingerprint density at radius 1 is 0.952 bits per heavy atom. The van der Waals surface area contributed by atoms with Gasteiger partial charge in [0.15, 0.2) is 11.5 Å². The Hall–Kier alpha value is -2.30. The van der Waals surface area contributed by atoms with Crippen LogP contribution in [0.25, 0.3) is 0 Å². The van der Waals surface area contributed by atoms with Crippen LogP contribution in [0.4, 0.5) is 8.78 Å². The van der Waals surface area contributed by atoms with Gasteiger partial charge < -0.3 is 14.2 Å². The normalized spacial score (nSPS) is 10.5. The van der Waals surface area contributed by atoms with Crippen molar-refractivity contribution in [1.82, 2.24) is 0 Å². The van der Waals surface area contributed by atoms with E-state index in [9.17, 15) is 8.78 Å². The van der Waals surface area contributed by atoms with Crippen molar-refractivity contribution in [3.63, 3.8) is 0 Å². The van der Waals surface area contributed by atoms with E-state index >= 15 is 0 Å². The molecule has 0 N–H and O–H groups in total. The van der Waals surface area contributed by atoms with Gasteiger partial charge in [-0.25, -0.2) is 8.78 Å². The molecule has 0 aliphatic heterocycles. The Labute approximate surface area is 122 Å². The number of rotatable bonds is 6. The van der Waals surface area contributed by atoms with Crippen LogP contribution >= 0.6 is 0 Å². The van der Waals surface area contributed by atoms with Crippen LogP contribution in [-0.2, 0) is 6.61 Å². The molecule has 3 nitrogen and oxygen atoms in total. The van der Waals surface area contributed by atoms with E-state index < -0.39 is 6.43 Å². The molecule has 0 aliphatic carbocycles. The van der Waals surface area contributed by atoms with Gasteiger partial charge in [0.25, 0.3) is 6.43 Å². The molecule has 5 heteroatoms. The van der Waals surface area contributed by atoms with Crippen molar-refractivity contribution in [2.45, 2.75) is 13.0 Å². The van der Waals surface area contributed by atoms with Crippen LogP contribution in [0.1, 0.15) is 17.6 Å². The zero-order chi connectivity index (χ0) is 15.2. The fourth-order valence-electron chi connectivity index (χ4n) is 1.90. The molecule has 0 amide bonds. The third-order valence-electron chi connectivity index (χ3n) is 2.96. The minimum Gasteiger partial charge on any atom is -0.493 e. The van der Waals surface area contributed by atoms with Crippen molar-refractivity contribution in [3.8, 4) is 17.2 Å². The zero-order valence-corrected chi connectivity index (χ0v) is 11.8. The highest BCUT2D eigenvalue weighted by Gasteiger charge is 2.18. The lowest BCUT2D eigenvalue weighted by Gasteiger charge is -2.16. The molecule has 0 aromatic heterocycles. The summed E-state index contributed by atoms with van der Waals surface area (Å²) in [6.07, 6.45) is -2.60. The maximum atomic E-state index is 12.8. The van der Waals surface area contributed by atoms with E-state index in [0.717, 1.165) is 5.56 Å². The van der Waals surface area contributed by atoms with Gasteiger partial charge in [0.2, 0.25) is 5.75 Å². The second-order valence-corrected chi connectivity index (χ2v) is 4.33. The molecule has 112 valence electrons. The fraction of sp³-hybridized carbons (Fsp3) is 0.250. The molecular weight excluding hydrogens is 278 g/mol. The standard InChI is InChI=1S/C16H16F2O3/c1-19-13-8-12(16(17)18)9-14(20-2)15(13)21-10-11-6-4-3-5-7-11/h3-9,16H,10H2,1-2H3. The average Bonchev–Trinajstić information content (AvgIpc) is 2.52. The molecule has 0 bridgehead atoms. The number of hydrogen-bond donors (Lipinski definition) is 0.